The van der Waals surface area contributed by atoms with Gasteiger partial charge in [-0.3, -0.25) is 0 Å². The maximum Gasteiger partial charge on any atom is 0.406 e. The molecule has 0 aliphatic carbocycles. The van der Waals surface area contributed by atoms with Gasteiger partial charge in [0.05, 0.1) is 5.88 Å². The number of hydrogen-bond donors (Lipinski definition) is 1. The predicted molar refractivity (Wildman–Crippen MR) is 57.9 cm³/mol. The molecule has 0 aliphatic heterocycles. The van der Waals surface area contributed by atoms with E-state index in [0.717, 1.165) is 0 Å². The Morgan fingerprint density at radius 1 is 1.69 bits per heavy atom. The van der Waals surface area contributed by atoms with E-state index in [0.29, 0.717) is 5.69 Å². The van der Waals surface area contributed by atoms with Crippen LogP contribution in [-0.4, -0.2) is 33.6 Å². The Balaban J connectivity index is 2.82. The van der Waals surface area contributed by atoms with Crippen molar-refractivity contribution in [1.82, 2.24) is 4.98 Å². The summed E-state index contributed by atoms with van der Waals surface area (Å²) in [7, 11) is 0. The minimum absolute atomic E-state index is 0.00703. The van der Waals surface area contributed by atoms with Gasteiger partial charge in [0, 0.05) is 6.92 Å². The average Bonchev–Trinajstić information content (AvgIpc) is 2.26. The summed E-state index contributed by atoms with van der Waals surface area (Å²) >= 11 is 5.37. The predicted octanol–water partition coefficient (Wildman–Crippen LogP) is 1.28. The number of halogens is 1. The summed E-state index contributed by atoms with van der Waals surface area (Å²) < 4.78 is 5.07. The molecule has 0 saturated carbocycles. The van der Waals surface area contributed by atoms with Crippen molar-refractivity contribution < 1.29 is 14.8 Å². The number of ether oxygens (including phenoxy) is 1. The molecule has 0 spiro atoms. The molecule has 1 aromatic rings. The molecule has 16 heavy (non-hydrogen) atoms. The normalized spacial score (nSPS) is 12.2. The minimum Gasteiger partial charge on any atom is -0.483 e. The van der Waals surface area contributed by atoms with Gasteiger partial charge in [0.1, 0.15) is 18.4 Å². The summed E-state index contributed by atoms with van der Waals surface area (Å²) in [6.07, 6.45) is -0.859. The lowest BCUT2D eigenvalue weighted by molar-refractivity contribution is -0.390. The van der Waals surface area contributed by atoms with Crippen molar-refractivity contribution in [2.24, 2.45) is 0 Å². The van der Waals surface area contributed by atoms with Gasteiger partial charge in [0.15, 0.2) is 0 Å². The van der Waals surface area contributed by atoms with Gasteiger partial charge in [0.25, 0.3) is 0 Å². The number of aliphatic hydroxyl groups excluding tert-OH is 1. The Hall–Kier alpha value is -1.40. The molecule has 0 fully saturated rings. The van der Waals surface area contributed by atoms with Gasteiger partial charge in [-0.25, -0.2) is 0 Å². The molecule has 0 aromatic carbocycles. The van der Waals surface area contributed by atoms with Crippen LogP contribution in [0.3, 0.4) is 0 Å². The van der Waals surface area contributed by atoms with Crippen molar-refractivity contribution in [3.8, 4) is 5.75 Å². The highest BCUT2D eigenvalue weighted by Gasteiger charge is 2.18. The van der Waals surface area contributed by atoms with E-state index in [9.17, 15) is 10.1 Å². The third kappa shape index (κ3) is 3.32. The molecule has 1 rings (SSSR count). The largest absolute Gasteiger partial charge is 0.483 e. The van der Waals surface area contributed by atoms with Crippen LogP contribution in [0.4, 0.5) is 5.82 Å². The van der Waals surface area contributed by atoms with Crippen LogP contribution in [-0.2, 0) is 0 Å². The lowest BCUT2D eigenvalue weighted by atomic mass is 10.3. The van der Waals surface area contributed by atoms with E-state index >= 15 is 0 Å². The summed E-state index contributed by atoms with van der Waals surface area (Å²) in [6.45, 7) is 1.54. The first kappa shape index (κ1) is 12.7. The first-order chi connectivity index (χ1) is 7.54. The molecule has 7 heteroatoms. The number of rotatable bonds is 5. The average molecular weight is 247 g/mol. The highest BCUT2D eigenvalue weighted by Crippen LogP contribution is 2.24. The highest BCUT2D eigenvalue weighted by atomic mass is 35.5. The molecule has 1 unspecified atom stereocenters. The molecular formula is C9H11ClN2O4. The number of nitro groups is 1. The van der Waals surface area contributed by atoms with Crippen molar-refractivity contribution in [2.75, 3.05) is 12.5 Å². The molecule has 0 radical (unpaired) electrons. The van der Waals surface area contributed by atoms with Crippen LogP contribution < -0.4 is 4.74 Å². The summed E-state index contributed by atoms with van der Waals surface area (Å²) in [4.78, 5) is 13.8. The van der Waals surface area contributed by atoms with Crippen LogP contribution in [0.15, 0.2) is 12.1 Å². The third-order valence-electron chi connectivity index (χ3n) is 1.76. The smallest absolute Gasteiger partial charge is 0.406 e. The monoisotopic (exact) mass is 246 g/mol. The second-order valence-corrected chi connectivity index (χ2v) is 3.46. The van der Waals surface area contributed by atoms with Gasteiger partial charge in [0.2, 0.25) is 5.75 Å². The molecule has 88 valence electrons. The van der Waals surface area contributed by atoms with Crippen molar-refractivity contribution in [3.05, 3.63) is 27.9 Å². The molecule has 6 nitrogen and oxygen atoms in total. The van der Waals surface area contributed by atoms with Crippen molar-refractivity contribution in [1.29, 1.82) is 0 Å². The molecule has 0 bridgehead atoms. The van der Waals surface area contributed by atoms with E-state index in [1.165, 1.54) is 6.07 Å². The lowest BCUT2D eigenvalue weighted by Gasteiger charge is -2.09. The maximum absolute atomic E-state index is 10.7. The Labute approximate surface area is 97.0 Å². The first-order valence-electron chi connectivity index (χ1n) is 4.53. The van der Waals surface area contributed by atoms with E-state index < -0.39 is 11.0 Å². The van der Waals surface area contributed by atoms with Gasteiger partial charge < -0.3 is 20.0 Å². The molecule has 1 heterocycles. The first-order valence-corrected chi connectivity index (χ1v) is 5.07. The fourth-order valence-corrected chi connectivity index (χ4v) is 1.09. The van der Waals surface area contributed by atoms with Gasteiger partial charge in [-0.15, -0.1) is 11.6 Å². The zero-order valence-corrected chi connectivity index (χ0v) is 9.35. The standard InChI is InChI=1S/C9H11ClN2O4/c1-6-2-3-8(9(11-6)12(14)15)16-5-7(13)4-10/h2-3,7,13H,4-5H2,1H3. The van der Waals surface area contributed by atoms with Crippen LogP contribution in [0.5, 0.6) is 5.75 Å². The number of pyridine rings is 1. The summed E-state index contributed by atoms with van der Waals surface area (Å²) in [6, 6.07) is 3.04. The van der Waals surface area contributed by atoms with Gasteiger partial charge in [-0.2, -0.15) is 0 Å². The van der Waals surface area contributed by atoms with Gasteiger partial charge in [-0.05, 0) is 22.0 Å². The van der Waals surface area contributed by atoms with Crippen LogP contribution in [0.1, 0.15) is 5.69 Å². The fraction of sp³-hybridized carbons (Fsp3) is 0.444. The SMILES string of the molecule is Cc1ccc(OCC(O)CCl)c([N+](=O)[O-])n1. The van der Waals surface area contributed by atoms with Gasteiger partial charge >= 0.3 is 5.82 Å². The Kier molecular flexibility index (Phi) is 4.45. The van der Waals surface area contributed by atoms with Crippen molar-refractivity contribution >= 4 is 17.4 Å². The maximum atomic E-state index is 10.7. The van der Waals surface area contributed by atoms with Crippen molar-refractivity contribution in [2.45, 2.75) is 13.0 Å². The summed E-state index contributed by atoms with van der Waals surface area (Å²) in [5, 5.41) is 19.8. The molecule has 1 atom stereocenters. The Morgan fingerprint density at radius 2 is 2.38 bits per heavy atom. The molecule has 1 N–H and O–H groups in total. The number of nitrogens with zero attached hydrogens (tertiary/aromatic N) is 2. The van der Waals surface area contributed by atoms with E-state index in [2.05, 4.69) is 4.98 Å². The van der Waals surface area contributed by atoms with E-state index in [1.807, 2.05) is 0 Å². The van der Waals surface area contributed by atoms with Crippen molar-refractivity contribution in [3.63, 3.8) is 0 Å². The fourth-order valence-electron chi connectivity index (χ4n) is 1.00. The number of aryl methyl sites for hydroxylation is 1. The van der Waals surface area contributed by atoms with Crippen LogP contribution >= 0.6 is 11.6 Å². The molecule has 0 saturated heterocycles. The van der Waals surface area contributed by atoms with E-state index in [1.54, 1.807) is 13.0 Å². The summed E-state index contributed by atoms with van der Waals surface area (Å²) in [5.41, 5.74) is 0.525. The quantitative estimate of drug-likeness (QED) is 0.480. The summed E-state index contributed by atoms with van der Waals surface area (Å²) in [5.74, 6) is -0.325. The van der Waals surface area contributed by atoms with E-state index in [-0.39, 0.29) is 24.1 Å². The number of hydrogen-bond acceptors (Lipinski definition) is 5. The Bertz CT molecular complexity index is 386. The molecule has 1 aromatic heterocycles. The van der Waals surface area contributed by atoms with Crippen LogP contribution in [0.25, 0.3) is 0 Å². The second kappa shape index (κ2) is 5.62. The molecule has 0 aliphatic rings. The topological polar surface area (TPSA) is 85.5 Å². The number of alkyl halides is 1. The second-order valence-electron chi connectivity index (χ2n) is 3.15. The number of aromatic nitrogens is 1. The third-order valence-corrected chi connectivity index (χ3v) is 2.12. The molecular weight excluding hydrogens is 236 g/mol. The Morgan fingerprint density at radius 3 is 2.94 bits per heavy atom. The highest BCUT2D eigenvalue weighted by molar-refractivity contribution is 6.18. The zero-order valence-electron chi connectivity index (χ0n) is 8.59. The number of aliphatic hydroxyl groups is 1. The zero-order chi connectivity index (χ0) is 12.1. The van der Waals surface area contributed by atoms with Crippen LogP contribution in [0.2, 0.25) is 0 Å². The van der Waals surface area contributed by atoms with E-state index in [4.69, 9.17) is 21.4 Å². The van der Waals surface area contributed by atoms with Crippen LogP contribution in [0, 0.1) is 17.0 Å². The van der Waals surface area contributed by atoms with Gasteiger partial charge in [-0.1, -0.05) is 0 Å². The lowest BCUT2D eigenvalue weighted by Crippen LogP contribution is -2.19. The minimum atomic E-state index is -0.859. The molecule has 0 amide bonds.